The molecule has 0 aliphatic heterocycles. The van der Waals surface area contributed by atoms with E-state index in [1.54, 1.807) is 40.8 Å². The highest BCUT2D eigenvalue weighted by molar-refractivity contribution is 7.18. The van der Waals surface area contributed by atoms with Crippen LogP contribution in [0.1, 0.15) is 10.4 Å². The molecule has 0 aliphatic rings. The van der Waals surface area contributed by atoms with E-state index in [2.05, 4.69) is 0 Å². The summed E-state index contributed by atoms with van der Waals surface area (Å²) in [4.78, 5) is 29.4. The van der Waals surface area contributed by atoms with Crippen LogP contribution in [0.25, 0.3) is 26.7 Å². The Morgan fingerprint density at radius 3 is 2.56 bits per heavy atom. The maximum atomic E-state index is 14.1. The minimum atomic E-state index is -0.220. The molecule has 3 heterocycles. The van der Waals surface area contributed by atoms with E-state index in [-0.39, 0.29) is 11.5 Å². The number of pyridine rings is 2. The number of hydrogen-bond donors (Lipinski definition) is 1. The molecule has 170 valence electrons. The molecule has 0 spiro atoms. The van der Waals surface area contributed by atoms with Crippen molar-refractivity contribution in [1.29, 1.82) is 0 Å². The van der Waals surface area contributed by atoms with Crippen molar-refractivity contribution < 1.29 is 9.53 Å². The summed E-state index contributed by atoms with van der Waals surface area (Å²) >= 11 is 1.51. The van der Waals surface area contributed by atoms with E-state index in [0.717, 1.165) is 15.8 Å². The summed E-state index contributed by atoms with van der Waals surface area (Å²) in [6, 6.07) is 22.3. The smallest absolute Gasteiger partial charge is 0.263 e. The fourth-order valence-electron chi connectivity index (χ4n) is 4.19. The number of nitrogens with two attached hydrogens (primary N) is 1. The van der Waals surface area contributed by atoms with E-state index in [1.165, 1.54) is 11.3 Å². The van der Waals surface area contributed by atoms with Crippen molar-refractivity contribution in [3.63, 3.8) is 0 Å². The Morgan fingerprint density at radius 2 is 1.79 bits per heavy atom. The van der Waals surface area contributed by atoms with Gasteiger partial charge in [-0.3, -0.25) is 14.0 Å². The maximum Gasteiger partial charge on any atom is 0.263 e. The summed E-state index contributed by atoms with van der Waals surface area (Å²) in [6.07, 6.45) is 1.73. The molecule has 0 saturated carbocycles. The number of nitrogens with zero attached hydrogens (tertiary/aromatic N) is 2. The Morgan fingerprint density at radius 1 is 1.03 bits per heavy atom. The number of amides is 1. The van der Waals surface area contributed by atoms with E-state index in [0.29, 0.717) is 41.0 Å². The van der Waals surface area contributed by atoms with Gasteiger partial charge in [-0.25, -0.2) is 0 Å². The Kier molecular flexibility index (Phi) is 5.88. The molecule has 3 aromatic heterocycles. The molecular formula is C27H23N3O3S. The minimum absolute atomic E-state index is 0.211. The summed E-state index contributed by atoms with van der Waals surface area (Å²) in [6.45, 7) is 0.742. The molecule has 0 atom stereocenters. The molecule has 5 rings (SSSR count). The van der Waals surface area contributed by atoms with Crippen molar-refractivity contribution in [2.75, 3.05) is 30.9 Å². The largest absolute Gasteiger partial charge is 0.398 e. The van der Waals surface area contributed by atoms with Gasteiger partial charge in [0.05, 0.1) is 28.0 Å². The highest BCUT2D eigenvalue weighted by Crippen LogP contribution is 2.32. The molecule has 1 amide bonds. The number of carbonyl (C=O) groups is 1. The lowest BCUT2D eigenvalue weighted by Crippen LogP contribution is -2.35. The van der Waals surface area contributed by atoms with Gasteiger partial charge in [0.25, 0.3) is 11.5 Å². The van der Waals surface area contributed by atoms with Crippen LogP contribution in [0.3, 0.4) is 0 Å². The number of thiophene rings is 1. The number of aromatic nitrogens is 1. The first-order chi connectivity index (χ1) is 16.6. The fourth-order valence-corrected chi connectivity index (χ4v) is 5.13. The third-order valence-corrected chi connectivity index (χ3v) is 6.80. The second-order valence-electron chi connectivity index (χ2n) is 7.89. The van der Waals surface area contributed by atoms with Crippen LogP contribution in [0, 0.1) is 0 Å². The first kappa shape index (κ1) is 21.9. The van der Waals surface area contributed by atoms with Crippen LogP contribution in [-0.2, 0) is 4.74 Å². The maximum absolute atomic E-state index is 14.1. The van der Waals surface area contributed by atoms with Gasteiger partial charge in [-0.05, 0) is 47.2 Å². The second kappa shape index (κ2) is 9.13. The van der Waals surface area contributed by atoms with Gasteiger partial charge in [-0.1, -0.05) is 36.4 Å². The van der Waals surface area contributed by atoms with E-state index in [4.69, 9.17) is 10.5 Å². The van der Waals surface area contributed by atoms with Crippen molar-refractivity contribution in [2.45, 2.75) is 0 Å². The topological polar surface area (TPSA) is 77.0 Å². The van der Waals surface area contributed by atoms with E-state index in [1.807, 2.05) is 60.0 Å². The Bertz CT molecular complexity index is 1560. The summed E-state index contributed by atoms with van der Waals surface area (Å²) < 4.78 is 7.74. The van der Waals surface area contributed by atoms with Crippen molar-refractivity contribution >= 4 is 44.2 Å². The highest BCUT2D eigenvalue weighted by atomic mass is 32.1. The molecule has 0 radical (unpaired) electrons. The van der Waals surface area contributed by atoms with Crippen LogP contribution in [0.4, 0.5) is 11.4 Å². The molecule has 7 heteroatoms. The summed E-state index contributed by atoms with van der Waals surface area (Å²) in [5.41, 5.74) is 9.26. The van der Waals surface area contributed by atoms with Gasteiger partial charge < -0.3 is 15.4 Å². The summed E-state index contributed by atoms with van der Waals surface area (Å²) in [5, 5.41) is 2.94. The lowest BCUT2D eigenvalue weighted by molar-refractivity contribution is 0.0977. The predicted molar refractivity (Wildman–Crippen MR) is 139 cm³/mol. The minimum Gasteiger partial charge on any atom is -0.398 e. The number of anilines is 2. The van der Waals surface area contributed by atoms with Crippen molar-refractivity contribution in [1.82, 2.24) is 4.40 Å². The number of ether oxygens (including phenoxy) is 1. The van der Waals surface area contributed by atoms with Gasteiger partial charge in [0.15, 0.2) is 0 Å². The van der Waals surface area contributed by atoms with Gasteiger partial charge in [0, 0.05) is 36.8 Å². The molecule has 0 bridgehead atoms. The van der Waals surface area contributed by atoms with Gasteiger partial charge in [-0.15, -0.1) is 11.3 Å². The first-order valence-corrected chi connectivity index (χ1v) is 11.7. The van der Waals surface area contributed by atoms with E-state index < -0.39 is 0 Å². The zero-order chi connectivity index (χ0) is 23.7. The molecule has 0 saturated heterocycles. The Labute approximate surface area is 200 Å². The number of para-hydroxylation sites is 2. The molecule has 2 N–H and O–H groups in total. The number of methoxy groups -OCH3 is 1. The average molecular weight is 470 g/mol. The molecule has 0 unspecified atom stereocenters. The Hall–Kier alpha value is -3.94. The highest BCUT2D eigenvalue weighted by Gasteiger charge is 2.24. The van der Waals surface area contributed by atoms with Gasteiger partial charge in [0.2, 0.25) is 0 Å². The monoisotopic (exact) mass is 469 g/mol. The number of rotatable bonds is 6. The molecule has 5 aromatic rings. The van der Waals surface area contributed by atoms with Crippen molar-refractivity contribution in [2.24, 2.45) is 0 Å². The standard InChI is InChI=1S/C27H23N3O3S/c1-33-15-14-29(19-7-3-2-4-8-19)27(32)22-17-21(20-9-5-6-10-23(20)28)26(31)30-13-11-18-12-16-34-25(18)24(22)30/h2-13,16-17H,14-15,28H2,1H3. The molecule has 34 heavy (non-hydrogen) atoms. The van der Waals surface area contributed by atoms with Crippen LogP contribution in [-0.4, -0.2) is 30.6 Å². The fraction of sp³-hybridized carbons (Fsp3) is 0.111. The number of benzene rings is 2. The van der Waals surface area contributed by atoms with E-state index >= 15 is 0 Å². The third-order valence-electron chi connectivity index (χ3n) is 5.86. The predicted octanol–water partition coefficient (Wildman–Crippen LogP) is 5.06. The average Bonchev–Trinajstić information content (AvgIpc) is 3.35. The quantitative estimate of drug-likeness (QED) is 0.353. The van der Waals surface area contributed by atoms with Crippen LogP contribution in [0.15, 0.2) is 89.2 Å². The van der Waals surface area contributed by atoms with Gasteiger partial charge >= 0.3 is 0 Å². The van der Waals surface area contributed by atoms with Crippen molar-refractivity contribution in [3.05, 3.63) is 100 Å². The molecular weight excluding hydrogens is 446 g/mol. The SMILES string of the molecule is COCCN(C(=O)c1cc(-c2ccccc2N)c(=O)n2ccc3ccsc3c12)c1ccccc1. The number of fused-ring (bicyclic) bond motifs is 3. The van der Waals surface area contributed by atoms with Crippen LogP contribution in [0.5, 0.6) is 0 Å². The van der Waals surface area contributed by atoms with E-state index in [9.17, 15) is 9.59 Å². The molecule has 2 aromatic carbocycles. The normalized spacial score (nSPS) is 11.2. The van der Waals surface area contributed by atoms with Gasteiger partial charge in [0.1, 0.15) is 0 Å². The van der Waals surface area contributed by atoms with Crippen LogP contribution < -0.4 is 16.2 Å². The third kappa shape index (κ3) is 3.75. The lowest BCUT2D eigenvalue weighted by atomic mass is 10.0. The number of nitrogen functional groups attached to an aromatic ring is 1. The number of hydrogen-bond acceptors (Lipinski definition) is 5. The first-order valence-electron chi connectivity index (χ1n) is 10.9. The second-order valence-corrected chi connectivity index (χ2v) is 8.80. The van der Waals surface area contributed by atoms with Gasteiger partial charge in [-0.2, -0.15) is 0 Å². The van der Waals surface area contributed by atoms with Crippen LogP contribution >= 0.6 is 11.3 Å². The lowest BCUT2D eigenvalue weighted by Gasteiger charge is -2.24. The summed E-state index contributed by atoms with van der Waals surface area (Å²) in [7, 11) is 1.61. The zero-order valence-electron chi connectivity index (χ0n) is 18.6. The Balaban J connectivity index is 1.81. The number of carbonyl (C=O) groups excluding carboxylic acids is 1. The molecule has 0 aliphatic carbocycles. The summed E-state index contributed by atoms with van der Waals surface area (Å²) in [5.74, 6) is -0.211. The zero-order valence-corrected chi connectivity index (χ0v) is 19.4. The molecule has 6 nitrogen and oxygen atoms in total. The van der Waals surface area contributed by atoms with Crippen molar-refractivity contribution in [3.8, 4) is 11.1 Å². The van der Waals surface area contributed by atoms with Crippen LogP contribution in [0.2, 0.25) is 0 Å². The molecule has 0 fully saturated rings.